The van der Waals surface area contributed by atoms with Gasteiger partial charge in [0.1, 0.15) is 17.3 Å². The Morgan fingerprint density at radius 2 is 1.61 bits per heavy atom. The van der Waals surface area contributed by atoms with Crippen molar-refractivity contribution in [2.45, 2.75) is 19.9 Å². The summed E-state index contributed by atoms with van der Waals surface area (Å²) in [6, 6.07) is 18.0. The number of aryl methyl sites for hydroxylation is 1. The molecular formula is C22H26N4O2. The molecule has 0 saturated heterocycles. The van der Waals surface area contributed by atoms with E-state index >= 15 is 0 Å². The third kappa shape index (κ3) is 5.61. The third-order valence-corrected chi connectivity index (χ3v) is 4.32. The molecule has 0 saturated carbocycles. The van der Waals surface area contributed by atoms with Crippen molar-refractivity contribution in [3.05, 3.63) is 71.4 Å². The zero-order valence-electron chi connectivity index (χ0n) is 16.5. The first-order valence-corrected chi connectivity index (χ1v) is 9.25. The van der Waals surface area contributed by atoms with Crippen LogP contribution in [0.2, 0.25) is 0 Å². The van der Waals surface area contributed by atoms with Crippen LogP contribution in [0.15, 0.2) is 54.6 Å². The molecule has 1 aromatic heterocycles. The van der Waals surface area contributed by atoms with Crippen LogP contribution in [0.25, 0.3) is 0 Å². The van der Waals surface area contributed by atoms with E-state index < -0.39 is 0 Å². The van der Waals surface area contributed by atoms with Gasteiger partial charge in [0.05, 0.1) is 14.2 Å². The van der Waals surface area contributed by atoms with Crippen molar-refractivity contribution in [3.8, 4) is 11.5 Å². The number of nitrogens with zero attached hydrogens (tertiary/aromatic N) is 2. The van der Waals surface area contributed by atoms with E-state index in [1.165, 1.54) is 5.56 Å². The van der Waals surface area contributed by atoms with Crippen LogP contribution < -0.4 is 20.1 Å². The molecule has 3 aromatic rings. The van der Waals surface area contributed by atoms with Gasteiger partial charge in [-0.1, -0.05) is 24.3 Å². The average Bonchev–Trinajstić information content (AvgIpc) is 2.72. The molecule has 0 aliphatic rings. The van der Waals surface area contributed by atoms with E-state index in [4.69, 9.17) is 9.47 Å². The molecule has 2 N–H and O–H groups in total. The molecule has 0 aliphatic heterocycles. The second-order valence-electron chi connectivity index (χ2n) is 6.45. The molecule has 3 rings (SSSR count). The molecule has 2 aromatic carbocycles. The zero-order chi connectivity index (χ0) is 19.8. The van der Waals surface area contributed by atoms with Crippen LogP contribution in [-0.2, 0) is 13.0 Å². The maximum Gasteiger partial charge on any atom is 0.224 e. The number of anilines is 2. The lowest BCUT2D eigenvalue weighted by atomic mass is 10.1. The maximum absolute atomic E-state index is 5.27. The molecule has 6 heteroatoms. The van der Waals surface area contributed by atoms with Crippen molar-refractivity contribution in [3.63, 3.8) is 0 Å². The van der Waals surface area contributed by atoms with Gasteiger partial charge in [-0.2, -0.15) is 4.98 Å². The van der Waals surface area contributed by atoms with Crippen LogP contribution in [0, 0.1) is 6.92 Å². The number of aromatic nitrogens is 2. The Morgan fingerprint density at radius 3 is 2.36 bits per heavy atom. The molecule has 0 aliphatic carbocycles. The lowest BCUT2D eigenvalue weighted by Gasteiger charge is -2.11. The minimum atomic E-state index is 0.625. The predicted molar refractivity (Wildman–Crippen MR) is 112 cm³/mol. The van der Waals surface area contributed by atoms with Crippen LogP contribution in [0.5, 0.6) is 11.5 Å². The van der Waals surface area contributed by atoms with E-state index in [2.05, 4.69) is 26.7 Å². The van der Waals surface area contributed by atoms with Crippen LogP contribution in [-0.4, -0.2) is 30.7 Å². The molecule has 0 fully saturated rings. The highest BCUT2D eigenvalue weighted by Gasteiger charge is 2.03. The highest BCUT2D eigenvalue weighted by Crippen LogP contribution is 2.15. The van der Waals surface area contributed by atoms with Gasteiger partial charge in [-0.25, -0.2) is 4.98 Å². The van der Waals surface area contributed by atoms with Crippen molar-refractivity contribution in [2.75, 3.05) is 31.4 Å². The van der Waals surface area contributed by atoms with Gasteiger partial charge in [0.15, 0.2) is 0 Å². The standard InChI is InChI=1S/C22H26N4O2/c1-16-13-21(24-15-18-7-9-19(27-2)10-8-18)26-22(25-16)23-12-11-17-5-4-6-20(14-17)28-3/h4-10,13-14H,11-12,15H2,1-3H3,(H2,23,24,25,26). The SMILES string of the molecule is COc1ccc(CNc2cc(C)nc(NCCc3cccc(OC)c3)n2)cc1. The van der Waals surface area contributed by atoms with E-state index in [-0.39, 0.29) is 0 Å². The highest BCUT2D eigenvalue weighted by molar-refractivity contribution is 5.43. The van der Waals surface area contributed by atoms with Gasteiger partial charge < -0.3 is 20.1 Å². The van der Waals surface area contributed by atoms with E-state index in [1.54, 1.807) is 14.2 Å². The molecule has 0 unspecified atom stereocenters. The fourth-order valence-electron chi connectivity index (χ4n) is 2.82. The van der Waals surface area contributed by atoms with E-state index in [0.29, 0.717) is 12.5 Å². The van der Waals surface area contributed by atoms with Gasteiger partial charge in [-0.15, -0.1) is 0 Å². The zero-order valence-corrected chi connectivity index (χ0v) is 16.5. The smallest absolute Gasteiger partial charge is 0.224 e. The first-order valence-electron chi connectivity index (χ1n) is 9.25. The molecule has 1 heterocycles. The van der Waals surface area contributed by atoms with Gasteiger partial charge in [0, 0.05) is 24.8 Å². The average molecular weight is 378 g/mol. The van der Waals surface area contributed by atoms with Crippen LogP contribution in [0.3, 0.4) is 0 Å². The monoisotopic (exact) mass is 378 g/mol. The van der Waals surface area contributed by atoms with Gasteiger partial charge in [-0.3, -0.25) is 0 Å². The van der Waals surface area contributed by atoms with E-state index in [1.807, 2.05) is 55.5 Å². The fourth-order valence-corrected chi connectivity index (χ4v) is 2.82. The number of ether oxygens (including phenoxy) is 2. The molecule has 146 valence electrons. The van der Waals surface area contributed by atoms with Gasteiger partial charge in [0.25, 0.3) is 0 Å². The molecule has 0 spiro atoms. The second-order valence-corrected chi connectivity index (χ2v) is 6.45. The van der Waals surface area contributed by atoms with Gasteiger partial charge in [0.2, 0.25) is 5.95 Å². The first-order chi connectivity index (χ1) is 13.7. The molecule has 28 heavy (non-hydrogen) atoms. The molecule has 0 atom stereocenters. The number of hydrogen-bond acceptors (Lipinski definition) is 6. The largest absolute Gasteiger partial charge is 0.497 e. The van der Waals surface area contributed by atoms with E-state index in [9.17, 15) is 0 Å². The Balaban J connectivity index is 1.56. The van der Waals surface area contributed by atoms with Crippen molar-refractivity contribution < 1.29 is 9.47 Å². The summed E-state index contributed by atoms with van der Waals surface area (Å²) in [5, 5.41) is 6.66. The summed E-state index contributed by atoms with van der Waals surface area (Å²) in [7, 11) is 3.35. The molecular weight excluding hydrogens is 352 g/mol. The Morgan fingerprint density at radius 1 is 0.821 bits per heavy atom. The quantitative estimate of drug-likeness (QED) is 0.585. The van der Waals surface area contributed by atoms with Crippen molar-refractivity contribution in [1.82, 2.24) is 9.97 Å². The summed E-state index contributed by atoms with van der Waals surface area (Å²) >= 11 is 0. The molecule has 6 nitrogen and oxygen atoms in total. The maximum atomic E-state index is 5.27. The number of benzene rings is 2. The summed E-state index contributed by atoms with van der Waals surface area (Å²) in [6.07, 6.45) is 0.864. The lowest BCUT2D eigenvalue weighted by Crippen LogP contribution is -2.10. The number of hydrogen-bond donors (Lipinski definition) is 2. The topological polar surface area (TPSA) is 68.3 Å². The normalized spacial score (nSPS) is 10.4. The van der Waals surface area contributed by atoms with Crippen molar-refractivity contribution in [2.24, 2.45) is 0 Å². The van der Waals surface area contributed by atoms with E-state index in [0.717, 1.165) is 41.5 Å². The summed E-state index contributed by atoms with van der Waals surface area (Å²) in [6.45, 7) is 3.39. The Hall–Kier alpha value is -3.28. The van der Waals surface area contributed by atoms with Crippen LogP contribution >= 0.6 is 0 Å². The van der Waals surface area contributed by atoms with Gasteiger partial charge in [-0.05, 0) is 48.7 Å². The summed E-state index contributed by atoms with van der Waals surface area (Å²) in [5.41, 5.74) is 3.28. The van der Waals surface area contributed by atoms with Crippen molar-refractivity contribution >= 4 is 11.8 Å². The van der Waals surface area contributed by atoms with Gasteiger partial charge >= 0.3 is 0 Å². The summed E-state index contributed by atoms with van der Waals surface area (Å²) in [5.74, 6) is 3.14. The molecule has 0 amide bonds. The number of methoxy groups -OCH3 is 2. The lowest BCUT2D eigenvalue weighted by molar-refractivity contribution is 0.414. The minimum Gasteiger partial charge on any atom is -0.497 e. The number of rotatable bonds is 9. The van der Waals surface area contributed by atoms with Crippen LogP contribution in [0.4, 0.5) is 11.8 Å². The van der Waals surface area contributed by atoms with Crippen LogP contribution in [0.1, 0.15) is 16.8 Å². The Kier molecular flexibility index (Phi) is 6.68. The number of nitrogens with one attached hydrogen (secondary N) is 2. The first kappa shape index (κ1) is 19.5. The molecule has 0 bridgehead atoms. The minimum absolute atomic E-state index is 0.625. The second kappa shape index (κ2) is 9.60. The fraction of sp³-hybridized carbons (Fsp3) is 0.273. The highest BCUT2D eigenvalue weighted by atomic mass is 16.5. The summed E-state index contributed by atoms with van der Waals surface area (Å²) < 4.78 is 10.5. The summed E-state index contributed by atoms with van der Waals surface area (Å²) in [4.78, 5) is 9.04. The van der Waals surface area contributed by atoms with Crippen molar-refractivity contribution in [1.29, 1.82) is 0 Å². The Bertz CT molecular complexity index is 897. The molecule has 0 radical (unpaired) electrons. The predicted octanol–water partition coefficient (Wildman–Crippen LogP) is 4.07. The Labute approximate surface area is 166 Å². The third-order valence-electron chi connectivity index (χ3n) is 4.32.